The Labute approximate surface area is 182 Å². The van der Waals surface area contributed by atoms with Crippen LogP contribution in [0.15, 0.2) is 37.1 Å². The van der Waals surface area contributed by atoms with E-state index in [4.69, 9.17) is 18.8 Å². The maximum Gasteiger partial charge on any atom is 0.264 e. The smallest absolute Gasteiger partial charge is 0.264 e. The molecule has 0 aliphatic heterocycles. The second kappa shape index (κ2) is 12.9. The molecule has 1 unspecified atom stereocenters. The molecular weight excluding hydrogens is 406 g/mol. The number of allylic oxidation sites excluding steroid dienone is 2. The molecule has 0 bridgehead atoms. The van der Waals surface area contributed by atoms with E-state index in [1.807, 2.05) is 0 Å². The Morgan fingerprint density at radius 3 is 2.33 bits per heavy atom. The van der Waals surface area contributed by atoms with Crippen LogP contribution in [0.25, 0.3) is 0 Å². The van der Waals surface area contributed by atoms with Crippen LogP contribution < -0.4 is 5.32 Å². The summed E-state index contributed by atoms with van der Waals surface area (Å²) in [4.78, 5) is 0. The lowest BCUT2D eigenvalue weighted by Crippen LogP contribution is -2.24. The molecule has 1 aliphatic carbocycles. The Kier molecular flexibility index (Phi) is 11.3. The van der Waals surface area contributed by atoms with Gasteiger partial charge in [-0.15, -0.1) is 0 Å². The first-order valence-electron chi connectivity index (χ1n) is 10.7. The molecule has 7 nitrogen and oxygen atoms in total. The first-order valence-corrected chi connectivity index (χ1v) is 12.4. The molecule has 0 spiro atoms. The van der Waals surface area contributed by atoms with E-state index in [-0.39, 0.29) is 23.5 Å². The Morgan fingerprint density at radius 2 is 1.73 bits per heavy atom. The summed E-state index contributed by atoms with van der Waals surface area (Å²) in [5.74, 6) is 1.46. The first kappa shape index (κ1) is 26.4. The van der Waals surface area contributed by atoms with Crippen LogP contribution in [0.1, 0.15) is 71.6 Å². The quantitative estimate of drug-likeness (QED) is 0.142. The molecule has 1 fully saturated rings. The minimum Gasteiger partial charge on any atom is -0.499 e. The van der Waals surface area contributed by atoms with Crippen molar-refractivity contribution in [1.29, 1.82) is 0 Å². The first-order chi connectivity index (χ1) is 14.1. The monoisotopic (exact) mass is 445 g/mol. The third-order valence-corrected chi connectivity index (χ3v) is 5.96. The van der Waals surface area contributed by atoms with Crippen LogP contribution in [0.4, 0.5) is 0 Å². The fourth-order valence-electron chi connectivity index (χ4n) is 3.81. The van der Waals surface area contributed by atoms with Gasteiger partial charge in [-0.05, 0) is 37.7 Å². The van der Waals surface area contributed by atoms with E-state index in [9.17, 15) is 8.42 Å². The van der Waals surface area contributed by atoms with Gasteiger partial charge in [0.2, 0.25) is 6.29 Å². The highest BCUT2D eigenvalue weighted by Gasteiger charge is 2.36. The lowest BCUT2D eigenvalue weighted by atomic mass is 9.78. The summed E-state index contributed by atoms with van der Waals surface area (Å²) in [5, 5.41) is 2.86. The molecule has 8 heteroatoms. The van der Waals surface area contributed by atoms with Crippen LogP contribution in [0.5, 0.6) is 0 Å². The molecule has 2 N–H and O–H groups in total. The molecule has 0 radical (unpaired) electrons. The SMILES string of the molecule is C=C(CC1(CC(=C)OC(C)OC(=C)NCCCS(=O)(=O)O)CCCC1)OCCCC. The Bertz CT molecular complexity index is 667. The molecule has 1 saturated carbocycles. The zero-order valence-electron chi connectivity index (χ0n) is 18.6. The van der Waals surface area contributed by atoms with E-state index in [1.54, 1.807) is 6.92 Å². The second-order valence-corrected chi connectivity index (χ2v) is 9.70. The number of ether oxygens (including phenoxy) is 3. The predicted molar refractivity (Wildman–Crippen MR) is 119 cm³/mol. The van der Waals surface area contributed by atoms with E-state index in [1.165, 1.54) is 12.8 Å². The van der Waals surface area contributed by atoms with Crippen molar-refractivity contribution in [1.82, 2.24) is 5.32 Å². The maximum absolute atomic E-state index is 10.7. The molecule has 30 heavy (non-hydrogen) atoms. The average Bonchev–Trinajstić information content (AvgIpc) is 3.05. The van der Waals surface area contributed by atoms with Gasteiger partial charge in [-0.25, -0.2) is 0 Å². The molecule has 1 atom stereocenters. The van der Waals surface area contributed by atoms with Gasteiger partial charge >= 0.3 is 0 Å². The third-order valence-electron chi connectivity index (χ3n) is 5.15. The van der Waals surface area contributed by atoms with Gasteiger partial charge in [0.1, 0.15) is 0 Å². The highest BCUT2D eigenvalue weighted by atomic mass is 32.2. The lowest BCUT2D eigenvalue weighted by molar-refractivity contribution is -0.0824. The van der Waals surface area contributed by atoms with Crippen molar-refractivity contribution in [2.24, 2.45) is 5.41 Å². The van der Waals surface area contributed by atoms with Crippen molar-refractivity contribution >= 4 is 10.1 Å². The van der Waals surface area contributed by atoms with Crippen molar-refractivity contribution < 1.29 is 27.2 Å². The number of hydrogen-bond acceptors (Lipinski definition) is 6. The molecule has 0 heterocycles. The van der Waals surface area contributed by atoms with Crippen molar-refractivity contribution in [2.45, 2.75) is 77.9 Å². The van der Waals surface area contributed by atoms with Crippen LogP contribution in [0.2, 0.25) is 0 Å². The minimum atomic E-state index is -3.96. The van der Waals surface area contributed by atoms with Gasteiger partial charge in [0.05, 0.1) is 23.9 Å². The number of hydrogen-bond donors (Lipinski definition) is 2. The standard InChI is InChI=1S/C22H39NO6S/c1-6-7-14-27-18(2)16-22(11-8-9-12-22)17-19(3)28-21(5)29-20(4)23-13-10-15-30(24,25)26/h21,23H,2-4,6-17H2,1,5H3,(H,24,25,26). The van der Waals surface area contributed by atoms with Gasteiger partial charge in [-0.1, -0.05) is 39.3 Å². The topological polar surface area (TPSA) is 94.1 Å². The van der Waals surface area contributed by atoms with Crippen molar-refractivity contribution in [3.63, 3.8) is 0 Å². The second-order valence-electron chi connectivity index (χ2n) is 8.13. The molecule has 1 aliphatic rings. The number of unbranched alkanes of at least 4 members (excludes halogenated alkanes) is 1. The van der Waals surface area contributed by atoms with Gasteiger partial charge in [-0.3, -0.25) is 4.55 Å². The van der Waals surface area contributed by atoms with Gasteiger partial charge in [-0.2, -0.15) is 8.42 Å². The van der Waals surface area contributed by atoms with Gasteiger partial charge in [0, 0.05) is 26.3 Å². The van der Waals surface area contributed by atoms with Gasteiger partial charge in [0.15, 0.2) is 5.88 Å². The van der Waals surface area contributed by atoms with E-state index in [0.29, 0.717) is 18.9 Å². The predicted octanol–water partition coefficient (Wildman–Crippen LogP) is 4.89. The van der Waals surface area contributed by atoms with Crippen LogP contribution in [0.3, 0.4) is 0 Å². The zero-order valence-corrected chi connectivity index (χ0v) is 19.4. The maximum atomic E-state index is 10.7. The largest absolute Gasteiger partial charge is 0.499 e. The summed E-state index contributed by atoms with van der Waals surface area (Å²) in [6.07, 6.45) is 7.91. The van der Waals surface area contributed by atoms with Crippen molar-refractivity contribution in [2.75, 3.05) is 18.9 Å². The molecule has 0 aromatic rings. The Balaban J connectivity index is 2.40. The number of nitrogens with one attached hydrogen (secondary N) is 1. The van der Waals surface area contributed by atoms with Crippen molar-refractivity contribution in [3.05, 3.63) is 37.1 Å². The lowest BCUT2D eigenvalue weighted by Gasteiger charge is -2.31. The zero-order chi connectivity index (χ0) is 22.6. The van der Waals surface area contributed by atoms with E-state index in [2.05, 4.69) is 32.0 Å². The Morgan fingerprint density at radius 1 is 1.10 bits per heavy atom. The summed E-state index contributed by atoms with van der Waals surface area (Å²) >= 11 is 0. The van der Waals surface area contributed by atoms with E-state index >= 15 is 0 Å². The van der Waals surface area contributed by atoms with Crippen LogP contribution >= 0.6 is 0 Å². The average molecular weight is 446 g/mol. The summed E-state index contributed by atoms with van der Waals surface area (Å²) in [6.45, 7) is 16.8. The summed E-state index contributed by atoms with van der Waals surface area (Å²) in [7, 11) is -3.96. The third kappa shape index (κ3) is 11.5. The molecule has 1 rings (SSSR count). The minimum absolute atomic E-state index is 0.0745. The normalized spacial score (nSPS) is 16.5. The fourth-order valence-corrected chi connectivity index (χ4v) is 4.32. The van der Waals surface area contributed by atoms with Gasteiger partial charge in [0.25, 0.3) is 10.1 Å². The van der Waals surface area contributed by atoms with Crippen LogP contribution in [-0.2, 0) is 24.3 Å². The molecule has 0 saturated heterocycles. The fraction of sp³-hybridized carbons (Fsp3) is 0.727. The molecule has 174 valence electrons. The van der Waals surface area contributed by atoms with Crippen molar-refractivity contribution in [3.8, 4) is 0 Å². The molecule has 0 aromatic carbocycles. The molecular formula is C22H39NO6S. The van der Waals surface area contributed by atoms with Crippen LogP contribution in [0, 0.1) is 5.41 Å². The highest BCUT2D eigenvalue weighted by molar-refractivity contribution is 7.85. The number of rotatable bonds is 17. The molecule has 0 aromatic heterocycles. The summed E-state index contributed by atoms with van der Waals surface area (Å²) in [6, 6.07) is 0. The van der Waals surface area contributed by atoms with E-state index < -0.39 is 16.4 Å². The Hall–Kier alpha value is -1.67. The summed E-state index contributed by atoms with van der Waals surface area (Å²) in [5.41, 5.74) is 0.0745. The molecule has 0 amide bonds. The van der Waals surface area contributed by atoms with Gasteiger partial charge < -0.3 is 19.5 Å². The summed E-state index contributed by atoms with van der Waals surface area (Å²) < 4.78 is 47.3. The van der Waals surface area contributed by atoms with Crippen LogP contribution in [-0.4, -0.2) is 38.2 Å². The highest BCUT2D eigenvalue weighted by Crippen LogP contribution is 2.47. The van der Waals surface area contributed by atoms with E-state index in [0.717, 1.165) is 44.3 Å².